The fourth-order valence-electron chi connectivity index (χ4n) is 3.53. The first-order valence-electron chi connectivity index (χ1n) is 10.0. The van der Waals surface area contributed by atoms with Crippen LogP contribution in [-0.4, -0.2) is 26.0 Å². The first-order valence-corrected chi connectivity index (χ1v) is 10.0. The number of nitrogens with two attached hydrogens (primary N) is 1. The van der Waals surface area contributed by atoms with Crippen molar-refractivity contribution in [2.45, 2.75) is 0 Å². The standard InChI is InChI=1S/C26H18N4O2/c27-23(32)16-10-12-18(13-11-16)25-28-24(17-6-2-1-3-7-17)29-26(30-25)21-14-19-8-4-5-9-20(19)15-22(21)31/h1-15,31H,(H2,27,32). The van der Waals surface area contributed by atoms with Crippen molar-refractivity contribution in [3.05, 3.63) is 96.6 Å². The van der Waals surface area contributed by atoms with Crippen LogP contribution in [0, 0.1) is 0 Å². The van der Waals surface area contributed by atoms with Gasteiger partial charge in [0.2, 0.25) is 5.91 Å². The van der Waals surface area contributed by atoms with Crippen molar-refractivity contribution in [1.29, 1.82) is 0 Å². The first-order chi connectivity index (χ1) is 15.6. The Hall–Kier alpha value is -4.58. The monoisotopic (exact) mass is 418 g/mol. The van der Waals surface area contributed by atoms with Crippen LogP contribution in [0.5, 0.6) is 5.75 Å². The molecule has 0 radical (unpaired) electrons. The van der Waals surface area contributed by atoms with Crippen molar-refractivity contribution < 1.29 is 9.90 Å². The molecule has 3 N–H and O–H groups in total. The number of phenols is 1. The van der Waals surface area contributed by atoms with Gasteiger partial charge in [-0.15, -0.1) is 0 Å². The van der Waals surface area contributed by atoms with Gasteiger partial charge in [-0.25, -0.2) is 15.0 Å². The van der Waals surface area contributed by atoms with Crippen molar-refractivity contribution in [3.63, 3.8) is 0 Å². The van der Waals surface area contributed by atoms with Crippen molar-refractivity contribution in [2.24, 2.45) is 5.73 Å². The molecule has 4 aromatic carbocycles. The maximum atomic E-state index is 11.4. The molecule has 1 heterocycles. The summed E-state index contributed by atoms with van der Waals surface area (Å²) >= 11 is 0. The molecule has 32 heavy (non-hydrogen) atoms. The third kappa shape index (κ3) is 3.65. The van der Waals surface area contributed by atoms with Crippen LogP contribution in [0.4, 0.5) is 0 Å². The SMILES string of the molecule is NC(=O)c1ccc(-c2nc(-c3ccccc3)nc(-c3cc4ccccc4cc3O)n2)cc1. The van der Waals surface area contributed by atoms with E-state index in [2.05, 4.69) is 15.0 Å². The van der Waals surface area contributed by atoms with E-state index in [1.165, 1.54) is 0 Å². The van der Waals surface area contributed by atoms with E-state index in [4.69, 9.17) is 5.73 Å². The molecule has 6 nitrogen and oxygen atoms in total. The highest BCUT2D eigenvalue weighted by Crippen LogP contribution is 2.33. The minimum atomic E-state index is -0.501. The number of aromatic nitrogens is 3. The van der Waals surface area contributed by atoms with E-state index in [-0.39, 0.29) is 5.75 Å². The molecule has 5 aromatic rings. The van der Waals surface area contributed by atoms with Gasteiger partial charge in [0.1, 0.15) is 5.75 Å². The lowest BCUT2D eigenvalue weighted by atomic mass is 10.0. The molecule has 0 fully saturated rings. The van der Waals surface area contributed by atoms with E-state index in [0.717, 1.165) is 16.3 Å². The largest absolute Gasteiger partial charge is 0.507 e. The van der Waals surface area contributed by atoms with E-state index in [0.29, 0.717) is 34.2 Å². The number of amides is 1. The molecule has 1 amide bonds. The predicted molar refractivity (Wildman–Crippen MR) is 124 cm³/mol. The lowest BCUT2D eigenvalue weighted by molar-refractivity contribution is 0.100. The number of carbonyl (C=O) groups is 1. The van der Waals surface area contributed by atoms with Crippen molar-refractivity contribution >= 4 is 16.7 Å². The third-order valence-corrected chi connectivity index (χ3v) is 5.20. The van der Waals surface area contributed by atoms with Crippen LogP contribution >= 0.6 is 0 Å². The highest BCUT2D eigenvalue weighted by Gasteiger charge is 2.15. The van der Waals surface area contributed by atoms with Crippen LogP contribution in [-0.2, 0) is 0 Å². The Morgan fingerprint density at radius 3 is 1.81 bits per heavy atom. The maximum absolute atomic E-state index is 11.4. The van der Waals surface area contributed by atoms with Crippen LogP contribution < -0.4 is 5.73 Å². The van der Waals surface area contributed by atoms with Crippen LogP contribution in [0.1, 0.15) is 10.4 Å². The number of benzene rings is 4. The summed E-state index contributed by atoms with van der Waals surface area (Å²) in [5.41, 5.74) is 7.80. The number of aromatic hydroxyl groups is 1. The van der Waals surface area contributed by atoms with Crippen LogP contribution in [0.2, 0.25) is 0 Å². The lowest BCUT2D eigenvalue weighted by Crippen LogP contribution is -2.10. The number of primary amides is 1. The molecule has 5 rings (SSSR count). The van der Waals surface area contributed by atoms with Gasteiger partial charge in [0.25, 0.3) is 0 Å². The minimum Gasteiger partial charge on any atom is -0.507 e. The summed E-state index contributed by atoms with van der Waals surface area (Å²) in [4.78, 5) is 25.4. The average molecular weight is 418 g/mol. The second-order valence-corrected chi connectivity index (χ2v) is 7.33. The summed E-state index contributed by atoms with van der Waals surface area (Å²) in [5.74, 6) is 0.855. The zero-order valence-corrected chi connectivity index (χ0v) is 16.9. The summed E-state index contributed by atoms with van der Waals surface area (Å²) in [6, 6.07) is 27.7. The molecule has 0 bridgehead atoms. The Balaban J connectivity index is 1.71. The number of hydrogen-bond acceptors (Lipinski definition) is 5. The van der Waals surface area contributed by atoms with Crippen molar-refractivity contribution in [2.75, 3.05) is 0 Å². The van der Waals surface area contributed by atoms with Gasteiger partial charge < -0.3 is 10.8 Å². The fraction of sp³-hybridized carbons (Fsp3) is 0. The summed E-state index contributed by atoms with van der Waals surface area (Å²) in [7, 11) is 0. The summed E-state index contributed by atoms with van der Waals surface area (Å²) in [5, 5.41) is 12.6. The summed E-state index contributed by atoms with van der Waals surface area (Å²) in [6.07, 6.45) is 0. The highest BCUT2D eigenvalue weighted by molar-refractivity contribution is 5.93. The molecule has 0 saturated carbocycles. The van der Waals surface area contributed by atoms with Crippen LogP contribution in [0.25, 0.3) is 44.9 Å². The molecule has 0 aliphatic rings. The van der Waals surface area contributed by atoms with Crippen molar-refractivity contribution in [3.8, 4) is 39.9 Å². The quantitative estimate of drug-likeness (QED) is 0.435. The Bertz CT molecular complexity index is 1450. The van der Waals surface area contributed by atoms with Gasteiger partial charge in [-0.05, 0) is 35.0 Å². The van der Waals surface area contributed by atoms with Gasteiger partial charge in [-0.1, -0.05) is 66.7 Å². The van der Waals surface area contributed by atoms with Gasteiger partial charge >= 0.3 is 0 Å². The number of nitrogens with zero attached hydrogens (tertiary/aromatic N) is 3. The smallest absolute Gasteiger partial charge is 0.248 e. The van der Waals surface area contributed by atoms with Gasteiger partial charge in [0.05, 0.1) is 5.56 Å². The van der Waals surface area contributed by atoms with Gasteiger partial charge in [0, 0.05) is 16.7 Å². The number of carbonyl (C=O) groups excluding carboxylic acids is 1. The molecule has 154 valence electrons. The van der Waals surface area contributed by atoms with Crippen LogP contribution in [0.15, 0.2) is 91.0 Å². The molecule has 1 aromatic heterocycles. The normalized spacial score (nSPS) is 10.9. The molecular formula is C26H18N4O2. The molecule has 0 saturated heterocycles. The Labute approximate surface area is 184 Å². The average Bonchev–Trinajstić information content (AvgIpc) is 2.84. The second kappa shape index (κ2) is 7.92. The molecule has 6 heteroatoms. The maximum Gasteiger partial charge on any atom is 0.248 e. The number of rotatable bonds is 4. The molecule has 0 atom stereocenters. The lowest BCUT2D eigenvalue weighted by Gasteiger charge is -2.10. The Morgan fingerprint density at radius 1 is 0.656 bits per heavy atom. The van der Waals surface area contributed by atoms with Crippen LogP contribution in [0.3, 0.4) is 0 Å². The molecule has 0 aliphatic carbocycles. The minimum absolute atomic E-state index is 0.0870. The van der Waals surface area contributed by atoms with Gasteiger partial charge in [0.15, 0.2) is 17.5 Å². The summed E-state index contributed by atoms with van der Waals surface area (Å²) < 4.78 is 0. The zero-order valence-electron chi connectivity index (χ0n) is 16.9. The molecule has 0 spiro atoms. The highest BCUT2D eigenvalue weighted by atomic mass is 16.3. The van der Waals surface area contributed by atoms with Gasteiger partial charge in [-0.3, -0.25) is 4.79 Å². The number of phenolic OH excluding ortho intramolecular Hbond substituents is 1. The third-order valence-electron chi connectivity index (χ3n) is 5.20. The zero-order chi connectivity index (χ0) is 22.1. The summed E-state index contributed by atoms with van der Waals surface area (Å²) in [6.45, 7) is 0. The second-order valence-electron chi connectivity index (χ2n) is 7.33. The van der Waals surface area contributed by atoms with Crippen molar-refractivity contribution in [1.82, 2.24) is 15.0 Å². The Kier molecular flexibility index (Phi) is 4.80. The van der Waals surface area contributed by atoms with E-state index < -0.39 is 5.91 Å². The van der Waals surface area contributed by atoms with E-state index in [1.54, 1.807) is 30.3 Å². The molecule has 0 aliphatic heterocycles. The van der Waals surface area contributed by atoms with E-state index in [1.807, 2.05) is 60.7 Å². The number of hydrogen-bond donors (Lipinski definition) is 2. The first kappa shape index (κ1) is 19.4. The van der Waals surface area contributed by atoms with E-state index in [9.17, 15) is 9.90 Å². The molecular weight excluding hydrogens is 400 g/mol. The number of fused-ring (bicyclic) bond motifs is 1. The molecule has 0 unspecified atom stereocenters. The van der Waals surface area contributed by atoms with Gasteiger partial charge in [-0.2, -0.15) is 0 Å². The Morgan fingerprint density at radius 2 is 1.19 bits per heavy atom. The van der Waals surface area contributed by atoms with E-state index >= 15 is 0 Å². The fourth-order valence-corrected chi connectivity index (χ4v) is 3.53. The topological polar surface area (TPSA) is 102 Å². The predicted octanol–water partition coefficient (Wildman–Crippen LogP) is 4.83.